The second-order valence-corrected chi connectivity index (χ2v) is 7.66. The third kappa shape index (κ3) is 3.46. The van der Waals surface area contributed by atoms with Gasteiger partial charge in [-0.25, -0.2) is 9.67 Å². The molecular formula is C20H19N3O3S. The predicted molar refractivity (Wildman–Crippen MR) is 105 cm³/mol. The van der Waals surface area contributed by atoms with Gasteiger partial charge in [-0.2, -0.15) is 5.10 Å². The molecule has 1 aromatic heterocycles. The standard InChI is InChI=1S/C20H19N3O3S/c1-12-17(13-7-8-13)23(20(27-12)22-15-5-3-2-4-6-15)21-11-14-9-10-16(24)19(26)18(14)25/h2-6,9-11,13,24-26H,7-8H2,1H3/b21-11+,22-20?. The van der Waals surface area contributed by atoms with Crippen LogP contribution in [0.1, 0.15) is 34.9 Å². The van der Waals surface area contributed by atoms with E-state index in [4.69, 9.17) is 4.99 Å². The van der Waals surface area contributed by atoms with Gasteiger partial charge in [0.15, 0.2) is 11.5 Å². The van der Waals surface area contributed by atoms with Crippen molar-refractivity contribution in [3.05, 3.63) is 63.4 Å². The minimum absolute atomic E-state index is 0.314. The highest BCUT2D eigenvalue weighted by atomic mass is 32.1. The summed E-state index contributed by atoms with van der Waals surface area (Å²) in [4.78, 5) is 6.63. The number of benzene rings is 2. The molecular weight excluding hydrogens is 362 g/mol. The molecule has 0 spiro atoms. The summed E-state index contributed by atoms with van der Waals surface area (Å²) in [6.07, 6.45) is 3.72. The predicted octanol–water partition coefficient (Wildman–Crippen LogP) is 3.97. The molecule has 0 radical (unpaired) electrons. The molecule has 27 heavy (non-hydrogen) atoms. The highest BCUT2D eigenvalue weighted by Crippen LogP contribution is 2.42. The first-order valence-electron chi connectivity index (χ1n) is 8.65. The van der Waals surface area contributed by atoms with Crippen molar-refractivity contribution in [1.82, 2.24) is 4.68 Å². The maximum Gasteiger partial charge on any atom is 0.211 e. The Morgan fingerprint density at radius 2 is 1.78 bits per heavy atom. The summed E-state index contributed by atoms with van der Waals surface area (Å²) in [5, 5.41) is 33.7. The molecule has 1 aliphatic carbocycles. The van der Waals surface area contributed by atoms with E-state index >= 15 is 0 Å². The molecule has 0 saturated heterocycles. The Bertz CT molecular complexity index is 1080. The Hall–Kier alpha value is -3.06. The first-order chi connectivity index (χ1) is 13.0. The molecule has 1 aliphatic rings. The van der Waals surface area contributed by atoms with Crippen LogP contribution < -0.4 is 4.80 Å². The Kier molecular flexibility index (Phi) is 4.45. The summed E-state index contributed by atoms with van der Waals surface area (Å²) in [6, 6.07) is 12.5. The lowest BCUT2D eigenvalue weighted by atomic mass is 10.2. The van der Waals surface area contributed by atoms with Gasteiger partial charge in [-0.05, 0) is 44.0 Å². The monoisotopic (exact) mass is 381 g/mol. The summed E-state index contributed by atoms with van der Waals surface area (Å²) >= 11 is 1.58. The Morgan fingerprint density at radius 3 is 2.48 bits per heavy atom. The number of aromatic nitrogens is 1. The lowest BCUT2D eigenvalue weighted by Crippen LogP contribution is -2.13. The zero-order valence-corrected chi connectivity index (χ0v) is 15.5. The van der Waals surface area contributed by atoms with Gasteiger partial charge < -0.3 is 15.3 Å². The van der Waals surface area contributed by atoms with Gasteiger partial charge in [-0.1, -0.05) is 29.5 Å². The fourth-order valence-corrected chi connectivity index (χ4v) is 3.92. The van der Waals surface area contributed by atoms with E-state index in [2.05, 4.69) is 12.0 Å². The van der Waals surface area contributed by atoms with Crippen LogP contribution in [-0.2, 0) is 0 Å². The molecule has 6 nitrogen and oxygen atoms in total. The second-order valence-electron chi connectivity index (χ2n) is 6.48. The molecule has 1 saturated carbocycles. The van der Waals surface area contributed by atoms with Crippen LogP contribution in [0.25, 0.3) is 0 Å². The van der Waals surface area contributed by atoms with Crippen molar-refractivity contribution in [3.8, 4) is 17.2 Å². The van der Waals surface area contributed by atoms with Crippen LogP contribution in [0.5, 0.6) is 17.2 Å². The van der Waals surface area contributed by atoms with Crippen molar-refractivity contribution in [2.75, 3.05) is 0 Å². The molecule has 0 amide bonds. The number of thiazole rings is 1. The SMILES string of the molecule is Cc1sc(=Nc2ccccc2)n(/N=C/c2ccc(O)c(O)c2O)c1C1CC1. The molecule has 3 aromatic rings. The van der Waals surface area contributed by atoms with Crippen LogP contribution in [0.2, 0.25) is 0 Å². The summed E-state index contributed by atoms with van der Waals surface area (Å²) in [6.45, 7) is 2.07. The molecule has 7 heteroatoms. The molecule has 1 fully saturated rings. The maximum absolute atomic E-state index is 10.0. The normalized spacial score (nSPS) is 14.9. The average molecular weight is 381 g/mol. The van der Waals surface area contributed by atoms with Gasteiger partial charge in [0, 0.05) is 16.4 Å². The van der Waals surface area contributed by atoms with E-state index in [1.165, 1.54) is 23.2 Å². The number of hydrogen-bond donors (Lipinski definition) is 3. The molecule has 3 N–H and O–H groups in total. The van der Waals surface area contributed by atoms with E-state index in [1.54, 1.807) is 11.3 Å². The zero-order chi connectivity index (χ0) is 19.0. The Morgan fingerprint density at radius 1 is 1.04 bits per heavy atom. The van der Waals surface area contributed by atoms with Gasteiger partial charge in [0.1, 0.15) is 0 Å². The van der Waals surface area contributed by atoms with E-state index < -0.39 is 11.5 Å². The lowest BCUT2D eigenvalue weighted by molar-refractivity contribution is 0.367. The number of rotatable bonds is 4. The number of nitrogens with zero attached hydrogens (tertiary/aromatic N) is 3. The molecule has 0 bridgehead atoms. The highest BCUT2D eigenvalue weighted by molar-refractivity contribution is 7.09. The lowest BCUT2D eigenvalue weighted by Gasteiger charge is -2.05. The van der Waals surface area contributed by atoms with Crippen LogP contribution in [0.4, 0.5) is 5.69 Å². The average Bonchev–Trinajstić information content (AvgIpc) is 3.45. The van der Waals surface area contributed by atoms with Crippen LogP contribution in [0.15, 0.2) is 52.6 Å². The zero-order valence-electron chi connectivity index (χ0n) is 14.7. The van der Waals surface area contributed by atoms with Gasteiger partial charge in [0.05, 0.1) is 17.6 Å². The smallest absolute Gasteiger partial charge is 0.211 e. The van der Waals surface area contributed by atoms with E-state index in [0.717, 1.165) is 29.0 Å². The third-order valence-electron chi connectivity index (χ3n) is 4.43. The van der Waals surface area contributed by atoms with Crippen LogP contribution in [0, 0.1) is 6.92 Å². The fourth-order valence-electron chi connectivity index (χ4n) is 2.91. The quantitative estimate of drug-likeness (QED) is 0.472. The van der Waals surface area contributed by atoms with Crippen molar-refractivity contribution >= 4 is 23.2 Å². The molecule has 2 aromatic carbocycles. The van der Waals surface area contributed by atoms with Crippen molar-refractivity contribution < 1.29 is 15.3 Å². The number of aromatic hydroxyl groups is 3. The van der Waals surface area contributed by atoms with Crippen molar-refractivity contribution in [3.63, 3.8) is 0 Å². The van der Waals surface area contributed by atoms with Gasteiger partial charge in [-0.15, -0.1) is 0 Å². The minimum Gasteiger partial charge on any atom is -0.504 e. The first-order valence-corrected chi connectivity index (χ1v) is 9.46. The van der Waals surface area contributed by atoms with Gasteiger partial charge in [-0.3, -0.25) is 0 Å². The second kappa shape index (κ2) is 6.92. The van der Waals surface area contributed by atoms with E-state index in [-0.39, 0.29) is 5.75 Å². The Balaban J connectivity index is 1.82. The number of hydrogen-bond acceptors (Lipinski definition) is 6. The molecule has 0 unspecified atom stereocenters. The number of phenolic OH excluding ortho intramolecular Hbond substituents is 3. The number of para-hydroxylation sites is 1. The molecule has 0 atom stereocenters. The minimum atomic E-state index is -0.554. The van der Waals surface area contributed by atoms with Gasteiger partial charge >= 0.3 is 0 Å². The summed E-state index contributed by atoms with van der Waals surface area (Å²) < 4.78 is 1.81. The number of phenols is 3. The Labute approximate surface area is 160 Å². The van der Waals surface area contributed by atoms with Crippen molar-refractivity contribution in [2.24, 2.45) is 10.1 Å². The number of aryl methyl sites for hydroxylation is 1. The summed E-state index contributed by atoms with van der Waals surface area (Å²) in [5.41, 5.74) is 2.29. The maximum atomic E-state index is 10.0. The molecule has 138 valence electrons. The van der Waals surface area contributed by atoms with Crippen LogP contribution >= 0.6 is 11.3 Å². The van der Waals surface area contributed by atoms with Crippen molar-refractivity contribution in [2.45, 2.75) is 25.7 Å². The topological polar surface area (TPSA) is 90.3 Å². The fraction of sp³-hybridized carbons (Fsp3) is 0.200. The van der Waals surface area contributed by atoms with Crippen molar-refractivity contribution in [1.29, 1.82) is 0 Å². The summed E-state index contributed by atoms with van der Waals surface area (Å²) in [7, 11) is 0. The van der Waals surface area contributed by atoms with Crippen LogP contribution in [-0.4, -0.2) is 26.2 Å². The first kappa shape index (κ1) is 17.4. The van der Waals surface area contributed by atoms with E-state index in [1.807, 2.05) is 35.0 Å². The highest BCUT2D eigenvalue weighted by Gasteiger charge is 2.30. The summed E-state index contributed by atoms with van der Waals surface area (Å²) in [5.74, 6) is -0.857. The van der Waals surface area contributed by atoms with Gasteiger partial charge in [0.25, 0.3) is 0 Å². The van der Waals surface area contributed by atoms with E-state index in [9.17, 15) is 15.3 Å². The largest absolute Gasteiger partial charge is 0.504 e. The van der Waals surface area contributed by atoms with Gasteiger partial charge in [0.2, 0.25) is 10.6 Å². The van der Waals surface area contributed by atoms with Crippen LogP contribution in [0.3, 0.4) is 0 Å². The third-order valence-corrected chi connectivity index (χ3v) is 5.39. The molecule has 4 rings (SSSR count). The molecule has 0 aliphatic heterocycles. The van der Waals surface area contributed by atoms with E-state index in [0.29, 0.717) is 11.5 Å². The molecule has 1 heterocycles.